The maximum absolute atomic E-state index is 13.0. The standard InChI is InChI=1S/C23H23N3O5/c1-24(2)13-14-25-21(17-9-6-10-18(15-17)26(30)31)20(22(28)23(25)29)19(27)12-11-16-7-4-3-5-8-16/h3-12,15,21,28H,13-14H2,1-2H3. The predicted molar refractivity (Wildman–Crippen MR) is 116 cm³/mol. The molecule has 1 atom stereocenters. The van der Waals surface area contributed by atoms with Gasteiger partial charge in [0.15, 0.2) is 11.5 Å². The molecule has 2 aromatic rings. The summed E-state index contributed by atoms with van der Waals surface area (Å²) in [4.78, 5) is 39.8. The van der Waals surface area contributed by atoms with Gasteiger partial charge in [-0.1, -0.05) is 48.5 Å². The van der Waals surface area contributed by atoms with Crippen LogP contribution < -0.4 is 0 Å². The SMILES string of the molecule is CN(C)CCN1C(=O)C(O)=C(C(=O)C=Cc2ccccc2)C1c1cccc([N+](=O)[O-])c1. The Morgan fingerprint density at radius 2 is 1.90 bits per heavy atom. The molecule has 1 amide bonds. The normalized spacial score (nSPS) is 16.5. The number of nitro benzene ring substituents is 1. The number of hydrogen-bond donors (Lipinski definition) is 1. The van der Waals surface area contributed by atoms with Gasteiger partial charge in [0.05, 0.1) is 16.5 Å². The molecule has 0 saturated heterocycles. The van der Waals surface area contributed by atoms with Gasteiger partial charge in [-0.25, -0.2) is 0 Å². The second-order valence-corrected chi connectivity index (χ2v) is 7.43. The van der Waals surface area contributed by atoms with Crippen molar-refractivity contribution in [3.05, 3.63) is 93.2 Å². The summed E-state index contributed by atoms with van der Waals surface area (Å²) >= 11 is 0. The highest BCUT2D eigenvalue weighted by molar-refractivity contribution is 6.14. The zero-order valence-corrected chi connectivity index (χ0v) is 17.3. The van der Waals surface area contributed by atoms with Crippen molar-refractivity contribution in [2.24, 2.45) is 0 Å². The number of carbonyl (C=O) groups is 2. The monoisotopic (exact) mass is 421 g/mol. The van der Waals surface area contributed by atoms with Crippen LogP contribution in [0.15, 0.2) is 72.0 Å². The number of carbonyl (C=O) groups excluding carboxylic acids is 2. The van der Waals surface area contributed by atoms with Crippen molar-refractivity contribution in [1.82, 2.24) is 9.80 Å². The quantitative estimate of drug-likeness (QED) is 0.399. The summed E-state index contributed by atoms with van der Waals surface area (Å²) < 4.78 is 0. The molecule has 1 aliphatic heterocycles. The first-order valence-corrected chi connectivity index (χ1v) is 9.70. The van der Waals surface area contributed by atoms with Gasteiger partial charge in [-0.3, -0.25) is 19.7 Å². The van der Waals surface area contributed by atoms with Gasteiger partial charge in [0, 0.05) is 25.2 Å². The second kappa shape index (κ2) is 9.36. The molecular weight excluding hydrogens is 398 g/mol. The highest BCUT2D eigenvalue weighted by Crippen LogP contribution is 2.38. The van der Waals surface area contributed by atoms with Crippen LogP contribution in [-0.2, 0) is 9.59 Å². The lowest BCUT2D eigenvalue weighted by molar-refractivity contribution is -0.384. The smallest absolute Gasteiger partial charge is 0.290 e. The third-order valence-corrected chi connectivity index (χ3v) is 4.98. The minimum Gasteiger partial charge on any atom is -0.503 e. The molecule has 2 aromatic carbocycles. The molecule has 160 valence electrons. The molecule has 0 fully saturated rings. The molecule has 3 rings (SSSR count). The van der Waals surface area contributed by atoms with Crippen LogP contribution >= 0.6 is 0 Å². The van der Waals surface area contributed by atoms with Crippen LogP contribution in [0.25, 0.3) is 6.08 Å². The number of ketones is 1. The van der Waals surface area contributed by atoms with E-state index in [1.807, 2.05) is 49.3 Å². The van der Waals surface area contributed by atoms with Crippen molar-refractivity contribution in [3.8, 4) is 0 Å². The van der Waals surface area contributed by atoms with Gasteiger partial charge in [-0.05, 0) is 31.3 Å². The van der Waals surface area contributed by atoms with Gasteiger partial charge in [0.2, 0.25) is 0 Å². The van der Waals surface area contributed by atoms with Gasteiger partial charge in [0.1, 0.15) is 0 Å². The molecule has 31 heavy (non-hydrogen) atoms. The van der Waals surface area contributed by atoms with Gasteiger partial charge < -0.3 is 14.9 Å². The first kappa shape index (κ1) is 21.9. The number of benzene rings is 2. The zero-order chi connectivity index (χ0) is 22.5. The van der Waals surface area contributed by atoms with Crippen LogP contribution in [0.2, 0.25) is 0 Å². The molecule has 0 spiro atoms. The summed E-state index contributed by atoms with van der Waals surface area (Å²) in [6.07, 6.45) is 2.90. The number of nitro groups is 1. The Labute approximate surface area is 179 Å². The number of amides is 1. The minimum absolute atomic E-state index is 0.0866. The van der Waals surface area contributed by atoms with Crippen LogP contribution in [-0.4, -0.2) is 58.7 Å². The van der Waals surface area contributed by atoms with Crippen LogP contribution in [0.5, 0.6) is 0 Å². The molecule has 1 N–H and O–H groups in total. The average Bonchev–Trinajstić information content (AvgIpc) is 3.01. The Morgan fingerprint density at radius 3 is 2.55 bits per heavy atom. The van der Waals surface area contributed by atoms with Gasteiger partial charge in [0.25, 0.3) is 11.6 Å². The number of likely N-dealkylation sites (N-methyl/N-ethyl adjacent to an activating group) is 1. The molecule has 8 nitrogen and oxygen atoms in total. The number of rotatable bonds is 8. The second-order valence-electron chi connectivity index (χ2n) is 7.43. The van der Waals surface area contributed by atoms with E-state index in [2.05, 4.69) is 0 Å². The number of aliphatic hydroxyl groups excluding tert-OH is 1. The van der Waals surface area contributed by atoms with Gasteiger partial charge >= 0.3 is 0 Å². The summed E-state index contributed by atoms with van der Waals surface area (Å²) in [5.41, 5.74) is 0.936. The van der Waals surface area contributed by atoms with Crippen LogP contribution in [0, 0.1) is 10.1 Å². The maximum Gasteiger partial charge on any atom is 0.290 e. The Morgan fingerprint density at radius 1 is 1.19 bits per heavy atom. The largest absolute Gasteiger partial charge is 0.503 e. The first-order chi connectivity index (χ1) is 14.8. The molecule has 8 heteroatoms. The van der Waals surface area contributed by atoms with Crippen molar-refractivity contribution in [2.75, 3.05) is 27.2 Å². The number of hydrogen-bond acceptors (Lipinski definition) is 6. The number of nitrogens with zero attached hydrogens (tertiary/aromatic N) is 3. The Bertz CT molecular complexity index is 1060. The fourth-order valence-electron chi connectivity index (χ4n) is 3.42. The van der Waals surface area contributed by atoms with Crippen molar-refractivity contribution in [2.45, 2.75) is 6.04 Å². The van der Waals surface area contributed by atoms with E-state index in [1.54, 1.807) is 12.1 Å². The van der Waals surface area contributed by atoms with E-state index in [-0.39, 0.29) is 17.8 Å². The Balaban J connectivity index is 2.02. The van der Waals surface area contributed by atoms with E-state index < -0.39 is 28.4 Å². The third-order valence-electron chi connectivity index (χ3n) is 4.98. The summed E-state index contributed by atoms with van der Waals surface area (Å²) in [5, 5.41) is 21.8. The molecule has 1 aliphatic rings. The molecule has 0 bridgehead atoms. The van der Waals surface area contributed by atoms with Crippen molar-refractivity contribution < 1.29 is 19.6 Å². The van der Waals surface area contributed by atoms with E-state index in [4.69, 9.17) is 0 Å². The lowest BCUT2D eigenvalue weighted by Gasteiger charge is -2.27. The molecule has 0 aromatic heterocycles. The van der Waals surface area contributed by atoms with Crippen LogP contribution in [0.3, 0.4) is 0 Å². The highest BCUT2D eigenvalue weighted by Gasteiger charge is 2.43. The fourth-order valence-corrected chi connectivity index (χ4v) is 3.42. The number of aliphatic hydroxyl groups is 1. The Kier molecular flexibility index (Phi) is 6.61. The average molecular weight is 421 g/mol. The van der Waals surface area contributed by atoms with E-state index in [1.165, 1.54) is 29.2 Å². The molecular formula is C23H23N3O5. The molecule has 1 unspecified atom stereocenters. The minimum atomic E-state index is -0.916. The maximum atomic E-state index is 13.0. The van der Waals surface area contributed by atoms with Gasteiger partial charge in [-0.2, -0.15) is 0 Å². The van der Waals surface area contributed by atoms with E-state index in [0.29, 0.717) is 12.1 Å². The van der Waals surface area contributed by atoms with E-state index in [0.717, 1.165) is 5.56 Å². The van der Waals surface area contributed by atoms with Crippen molar-refractivity contribution in [1.29, 1.82) is 0 Å². The molecule has 0 radical (unpaired) electrons. The Hall–Kier alpha value is -3.78. The summed E-state index contributed by atoms with van der Waals surface area (Å²) in [7, 11) is 3.68. The molecule has 1 heterocycles. The molecule has 0 aliphatic carbocycles. The van der Waals surface area contributed by atoms with E-state index in [9.17, 15) is 24.8 Å². The summed E-state index contributed by atoms with van der Waals surface area (Å²) in [6, 6.07) is 14.0. The van der Waals surface area contributed by atoms with Crippen molar-refractivity contribution in [3.63, 3.8) is 0 Å². The fraction of sp³-hybridized carbons (Fsp3) is 0.217. The van der Waals surface area contributed by atoms with Crippen LogP contribution in [0.1, 0.15) is 17.2 Å². The lowest BCUT2D eigenvalue weighted by Crippen LogP contribution is -2.36. The third kappa shape index (κ3) is 4.87. The highest BCUT2D eigenvalue weighted by atomic mass is 16.6. The predicted octanol–water partition coefficient (Wildman–Crippen LogP) is 3.13. The van der Waals surface area contributed by atoms with Crippen LogP contribution in [0.4, 0.5) is 5.69 Å². The zero-order valence-electron chi connectivity index (χ0n) is 17.3. The van der Waals surface area contributed by atoms with Crippen molar-refractivity contribution >= 4 is 23.5 Å². The topological polar surface area (TPSA) is 104 Å². The van der Waals surface area contributed by atoms with E-state index >= 15 is 0 Å². The number of allylic oxidation sites excluding steroid dienone is 1. The summed E-state index contributed by atoms with van der Waals surface area (Å²) in [6.45, 7) is 0.730. The summed E-state index contributed by atoms with van der Waals surface area (Å²) in [5.74, 6) is -1.83. The van der Waals surface area contributed by atoms with Gasteiger partial charge in [-0.15, -0.1) is 0 Å². The molecule has 0 saturated carbocycles. The number of non-ortho nitro benzene ring substituents is 1. The lowest BCUT2D eigenvalue weighted by atomic mass is 9.95. The first-order valence-electron chi connectivity index (χ1n) is 9.70.